The standard InChI is InChI=1S/C16H23NO/c1-4-6-12-15(17-13-5-2)16(18-3)14-10-8-7-9-11-14/h7-11,15-17H,5,12-13H2,1-3H3. The molecule has 0 aliphatic rings. The minimum Gasteiger partial charge on any atom is -0.375 e. The van der Waals surface area contributed by atoms with Crippen molar-refractivity contribution in [2.45, 2.75) is 38.8 Å². The van der Waals surface area contributed by atoms with Gasteiger partial charge >= 0.3 is 0 Å². The second kappa shape index (κ2) is 8.74. The average molecular weight is 245 g/mol. The monoisotopic (exact) mass is 245 g/mol. The van der Waals surface area contributed by atoms with E-state index < -0.39 is 0 Å². The van der Waals surface area contributed by atoms with E-state index >= 15 is 0 Å². The molecule has 1 aromatic rings. The number of hydrogen-bond acceptors (Lipinski definition) is 2. The Morgan fingerprint density at radius 3 is 2.56 bits per heavy atom. The highest BCUT2D eigenvalue weighted by Gasteiger charge is 2.21. The van der Waals surface area contributed by atoms with Crippen molar-refractivity contribution in [3.63, 3.8) is 0 Å². The molecule has 0 aromatic heterocycles. The second-order valence-corrected chi connectivity index (χ2v) is 4.26. The third kappa shape index (κ3) is 4.52. The van der Waals surface area contributed by atoms with E-state index in [1.165, 1.54) is 5.56 Å². The summed E-state index contributed by atoms with van der Waals surface area (Å²) in [4.78, 5) is 0. The molecule has 98 valence electrons. The summed E-state index contributed by atoms with van der Waals surface area (Å²) in [6, 6.07) is 10.6. The number of rotatable bonds is 7. The minimum atomic E-state index is 0.0543. The fraction of sp³-hybridized carbons (Fsp3) is 0.500. The Bertz CT molecular complexity index is 377. The molecule has 2 atom stereocenters. The zero-order valence-electron chi connectivity index (χ0n) is 11.6. The summed E-state index contributed by atoms with van der Waals surface area (Å²) >= 11 is 0. The van der Waals surface area contributed by atoms with Crippen LogP contribution >= 0.6 is 0 Å². The zero-order valence-corrected chi connectivity index (χ0v) is 11.6. The number of methoxy groups -OCH3 is 1. The van der Waals surface area contributed by atoms with Crippen molar-refractivity contribution in [3.05, 3.63) is 35.9 Å². The highest BCUT2D eigenvalue weighted by molar-refractivity contribution is 5.20. The first-order chi connectivity index (χ1) is 8.83. The quantitative estimate of drug-likeness (QED) is 0.745. The number of hydrogen-bond donors (Lipinski definition) is 1. The van der Waals surface area contributed by atoms with Crippen molar-refractivity contribution in [2.24, 2.45) is 0 Å². The van der Waals surface area contributed by atoms with Gasteiger partial charge in [-0.15, -0.1) is 11.8 Å². The molecule has 2 unspecified atom stereocenters. The van der Waals surface area contributed by atoms with Gasteiger partial charge < -0.3 is 10.1 Å². The van der Waals surface area contributed by atoms with Crippen LogP contribution in [0, 0.1) is 11.8 Å². The summed E-state index contributed by atoms with van der Waals surface area (Å²) in [6.45, 7) is 5.03. The highest BCUT2D eigenvalue weighted by Crippen LogP contribution is 2.22. The Hall–Kier alpha value is -1.30. The number of ether oxygens (including phenoxy) is 1. The van der Waals surface area contributed by atoms with Crippen LogP contribution in [0.5, 0.6) is 0 Å². The van der Waals surface area contributed by atoms with E-state index in [2.05, 4.69) is 36.2 Å². The topological polar surface area (TPSA) is 21.3 Å². The predicted octanol–water partition coefficient (Wildman–Crippen LogP) is 3.16. The highest BCUT2D eigenvalue weighted by atomic mass is 16.5. The lowest BCUT2D eigenvalue weighted by molar-refractivity contribution is 0.0694. The molecule has 0 spiro atoms. The SMILES string of the molecule is CC#CCC(NCCC)C(OC)c1ccccc1. The average Bonchev–Trinajstić information content (AvgIpc) is 2.43. The molecule has 2 nitrogen and oxygen atoms in total. The molecular weight excluding hydrogens is 222 g/mol. The fourth-order valence-corrected chi connectivity index (χ4v) is 2.00. The van der Waals surface area contributed by atoms with Gasteiger partial charge in [0.2, 0.25) is 0 Å². The Labute approximate surface area is 111 Å². The van der Waals surface area contributed by atoms with E-state index in [9.17, 15) is 0 Å². The fourth-order valence-electron chi connectivity index (χ4n) is 2.00. The molecule has 0 amide bonds. The normalized spacial score (nSPS) is 13.5. The van der Waals surface area contributed by atoms with Gasteiger partial charge in [-0.05, 0) is 25.5 Å². The molecular formula is C16H23NO. The predicted molar refractivity (Wildman–Crippen MR) is 76.3 cm³/mol. The Balaban J connectivity index is 2.80. The van der Waals surface area contributed by atoms with Crippen LogP contribution < -0.4 is 5.32 Å². The van der Waals surface area contributed by atoms with E-state index in [0.29, 0.717) is 0 Å². The molecule has 0 fully saturated rings. The van der Waals surface area contributed by atoms with Crippen LogP contribution in [-0.2, 0) is 4.74 Å². The molecule has 0 bridgehead atoms. The van der Waals surface area contributed by atoms with Gasteiger partial charge in [-0.1, -0.05) is 37.3 Å². The minimum absolute atomic E-state index is 0.0543. The molecule has 0 radical (unpaired) electrons. The van der Waals surface area contributed by atoms with Crippen molar-refractivity contribution in [3.8, 4) is 11.8 Å². The maximum atomic E-state index is 5.66. The number of nitrogens with one attached hydrogen (secondary N) is 1. The van der Waals surface area contributed by atoms with E-state index in [1.54, 1.807) is 7.11 Å². The molecule has 2 heteroatoms. The summed E-state index contributed by atoms with van der Waals surface area (Å²) in [5.41, 5.74) is 1.20. The van der Waals surface area contributed by atoms with Crippen molar-refractivity contribution >= 4 is 0 Å². The van der Waals surface area contributed by atoms with Crippen LogP contribution in [0.25, 0.3) is 0 Å². The van der Waals surface area contributed by atoms with Gasteiger partial charge in [0.25, 0.3) is 0 Å². The first-order valence-corrected chi connectivity index (χ1v) is 6.54. The van der Waals surface area contributed by atoms with E-state index in [0.717, 1.165) is 19.4 Å². The molecule has 1 N–H and O–H groups in total. The molecule has 0 saturated carbocycles. The van der Waals surface area contributed by atoms with E-state index in [1.807, 2.05) is 25.1 Å². The van der Waals surface area contributed by atoms with Crippen molar-refractivity contribution in [1.82, 2.24) is 5.32 Å². The van der Waals surface area contributed by atoms with Gasteiger partial charge in [-0.2, -0.15) is 0 Å². The molecule has 0 aliphatic carbocycles. The van der Waals surface area contributed by atoms with E-state index in [4.69, 9.17) is 4.74 Å². The van der Waals surface area contributed by atoms with Gasteiger partial charge in [-0.3, -0.25) is 0 Å². The van der Waals surface area contributed by atoms with Crippen LogP contribution in [-0.4, -0.2) is 19.7 Å². The van der Waals surface area contributed by atoms with Crippen molar-refractivity contribution in [2.75, 3.05) is 13.7 Å². The van der Waals surface area contributed by atoms with Gasteiger partial charge in [-0.25, -0.2) is 0 Å². The Morgan fingerprint density at radius 2 is 2.00 bits per heavy atom. The summed E-state index contributed by atoms with van der Waals surface area (Å²) in [5.74, 6) is 6.11. The van der Waals surface area contributed by atoms with Crippen molar-refractivity contribution < 1.29 is 4.74 Å². The van der Waals surface area contributed by atoms with Gasteiger partial charge in [0.05, 0.1) is 6.10 Å². The summed E-state index contributed by atoms with van der Waals surface area (Å²) < 4.78 is 5.66. The molecule has 0 saturated heterocycles. The Kier molecular flexibility index (Phi) is 7.17. The largest absolute Gasteiger partial charge is 0.375 e. The van der Waals surface area contributed by atoms with Crippen LogP contribution in [0.2, 0.25) is 0 Å². The summed E-state index contributed by atoms with van der Waals surface area (Å²) in [5, 5.41) is 3.53. The second-order valence-electron chi connectivity index (χ2n) is 4.26. The van der Waals surface area contributed by atoms with E-state index in [-0.39, 0.29) is 12.1 Å². The lowest BCUT2D eigenvalue weighted by atomic mass is 9.99. The van der Waals surface area contributed by atoms with Crippen LogP contribution in [0.3, 0.4) is 0 Å². The van der Waals surface area contributed by atoms with Gasteiger partial charge in [0.15, 0.2) is 0 Å². The molecule has 18 heavy (non-hydrogen) atoms. The summed E-state index contributed by atoms with van der Waals surface area (Å²) in [7, 11) is 1.76. The first kappa shape index (κ1) is 14.8. The third-order valence-electron chi connectivity index (χ3n) is 2.90. The van der Waals surface area contributed by atoms with Gasteiger partial charge in [0.1, 0.15) is 0 Å². The molecule has 0 aliphatic heterocycles. The maximum absolute atomic E-state index is 5.66. The van der Waals surface area contributed by atoms with Crippen LogP contribution in [0.4, 0.5) is 0 Å². The van der Waals surface area contributed by atoms with Crippen LogP contribution in [0.15, 0.2) is 30.3 Å². The zero-order chi connectivity index (χ0) is 13.2. The summed E-state index contributed by atoms with van der Waals surface area (Å²) in [6.07, 6.45) is 1.98. The lowest BCUT2D eigenvalue weighted by Crippen LogP contribution is -2.36. The first-order valence-electron chi connectivity index (χ1n) is 6.54. The maximum Gasteiger partial charge on any atom is 0.0983 e. The molecule has 0 heterocycles. The third-order valence-corrected chi connectivity index (χ3v) is 2.90. The van der Waals surface area contributed by atoms with Crippen LogP contribution in [0.1, 0.15) is 38.4 Å². The molecule has 1 aromatic carbocycles. The van der Waals surface area contributed by atoms with Crippen molar-refractivity contribution in [1.29, 1.82) is 0 Å². The lowest BCUT2D eigenvalue weighted by Gasteiger charge is -2.26. The smallest absolute Gasteiger partial charge is 0.0983 e. The molecule has 1 rings (SSSR count). The number of benzene rings is 1. The Morgan fingerprint density at radius 1 is 1.28 bits per heavy atom. The van der Waals surface area contributed by atoms with Gasteiger partial charge in [0, 0.05) is 19.6 Å².